The Kier molecular flexibility index (Phi) is 3.62. The number of carboxylic acids is 1. The van der Waals surface area contributed by atoms with Gasteiger partial charge in [0.2, 0.25) is 0 Å². The zero-order valence-corrected chi connectivity index (χ0v) is 9.48. The van der Waals surface area contributed by atoms with Crippen molar-refractivity contribution in [3.8, 4) is 0 Å². The van der Waals surface area contributed by atoms with Crippen LogP contribution < -0.4 is 10.9 Å². The maximum absolute atomic E-state index is 11.7. The van der Waals surface area contributed by atoms with Crippen LogP contribution in [0.4, 0.5) is 0 Å². The van der Waals surface area contributed by atoms with E-state index in [-0.39, 0.29) is 12.1 Å². The molecule has 0 aliphatic heterocycles. The maximum Gasteiger partial charge on any atom is 0.305 e. The van der Waals surface area contributed by atoms with Gasteiger partial charge in [0.15, 0.2) is 0 Å². The molecule has 17 heavy (non-hydrogen) atoms. The van der Waals surface area contributed by atoms with Gasteiger partial charge in [-0.25, -0.2) is 4.98 Å². The van der Waals surface area contributed by atoms with Gasteiger partial charge in [-0.1, -0.05) is 0 Å². The summed E-state index contributed by atoms with van der Waals surface area (Å²) < 4.78 is 0. The number of aromatic amines is 1. The Morgan fingerprint density at radius 1 is 1.53 bits per heavy atom. The third-order valence-electron chi connectivity index (χ3n) is 1.95. The molecule has 1 aromatic heterocycles. The molecule has 0 saturated carbocycles. The average molecular weight is 239 g/mol. The van der Waals surface area contributed by atoms with Gasteiger partial charge in [-0.3, -0.25) is 14.4 Å². The number of hydrogen-bond donors (Lipinski definition) is 3. The van der Waals surface area contributed by atoms with Crippen LogP contribution >= 0.6 is 0 Å². The molecule has 92 valence electrons. The number of rotatable bonds is 4. The van der Waals surface area contributed by atoms with Crippen molar-refractivity contribution < 1.29 is 14.7 Å². The van der Waals surface area contributed by atoms with Crippen molar-refractivity contribution in [2.75, 3.05) is 0 Å². The minimum atomic E-state index is -1.01. The molecule has 0 spiro atoms. The van der Waals surface area contributed by atoms with Crippen molar-refractivity contribution in [1.29, 1.82) is 0 Å². The summed E-state index contributed by atoms with van der Waals surface area (Å²) in [6, 6.07) is 0. The standard InChI is InChI=1S/C10H13N3O4/c1-10(2,3-8(15)16)13-9(17)6-4-12-7(14)5-11-6/h4-5H,3H2,1-2H3,(H,12,14)(H,13,17)(H,15,16). The number of amides is 1. The number of carbonyl (C=O) groups excluding carboxylic acids is 1. The lowest BCUT2D eigenvalue weighted by Gasteiger charge is -2.23. The topological polar surface area (TPSA) is 112 Å². The second kappa shape index (κ2) is 4.77. The molecule has 0 aliphatic rings. The van der Waals surface area contributed by atoms with Crippen molar-refractivity contribution in [3.05, 3.63) is 28.4 Å². The second-order valence-electron chi connectivity index (χ2n) is 4.20. The number of nitrogens with one attached hydrogen (secondary N) is 2. The van der Waals surface area contributed by atoms with E-state index in [0.717, 1.165) is 6.20 Å². The van der Waals surface area contributed by atoms with E-state index in [9.17, 15) is 14.4 Å². The van der Waals surface area contributed by atoms with Crippen molar-refractivity contribution in [2.45, 2.75) is 25.8 Å². The molecule has 0 bridgehead atoms. The number of aromatic nitrogens is 2. The molecule has 3 N–H and O–H groups in total. The quantitative estimate of drug-likeness (QED) is 0.670. The Balaban J connectivity index is 2.75. The van der Waals surface area contributed by atoms with E-state index in [4.69, 9.17) is 5.11 Å². The van der Waals surface area contributed by atoms with E-state index in [2.05, 4.69) is 15.3 Å². The van der Waals surface area contributed by atoms with E-state index in [1.165, 1.54) is 6.20 Å². The SMILES string of the molecule is CC(C)(CC(=O)O)NC(=O)c1c[nH]c(=O)cn1. The van der Waals surface area contributed by atoms with Gasteiger partial charge in [-0.15, -0.1) is 0 Å². The second-order valence-corrected chi connectivity index (χ2v) is 4.20. The van der Waals surface area contributed by atoms with Gasteiger partial charge >= 0.3 is 5.97 Å². The summed E-state index contributed by atoms with van der Waals surface area (Å²) in [5.74, 6) is -1.54. The molecule has 0 aromatic carbocycles. The maximum atomic E-state index is 11.7. The predicted molar refractivity (Wildman–Crippen MR) is 58.7 cm³/mol. The lowest BCUT2D eigenvalue weighted by molar-refractivity contribution is -0.138. The van der Waals surface area contributed by atoms with Crippen LogP contribution in [0.3, 0.4) is 0 Å². The monoisotopic (exact) mass is 239 g/mol. The molecule has 0 aliphatic carbocycles. The van der Waals surface area contributed by atoms with Gasteiger partial charge in [0.1, 0.15) is 5.69 Å². The highest BCUT2D eigenvalue weighted by atomic mass is 16.4. The highest BCUT2D eigenvalue weighted by Gasteiger charge is 2.24. The zero-order chi connectivity index (χ0) is 13.1. The van der Waals surface area contributed by atoms with E-state index < -0.39 is 23.0 Å². The van der Waals surface area contributed by atoms with Crippen LogP contribution in [-0.2, 0) is 4.79 Å². The fraction of sp³-hybridized carbons (Fsp3) is 0.400. The number of H-pyrrole nitrogens is 1. The van der Waals surface area contributed by atoms with Crippen molar-refractivity contribution in [3.63, 3.8) is 0 Å². The smallest absolute Gasteiger partial charge is 0.305 e. The van der Waals surface area contributed by atoms with Crippen LogP contribution in [0.25, 0.3) is 0 Å². The van der Waals surface area contributed by atoms with Crippen LogP contribution in [0.5, 0.6) is 0 Å². The average Bonchev–Trinajstić information content (AvgIpc) is 2.15. The van der Waals surface area contributed by atoms with Gasteiger partial charge in [-0.2, -0.15) is 0 Å². The molecule has 1 amide bonds. The van der Waals surface area contributed by atoms with Crippen molar-refractivity contribution >= 4 is 11.9 Å². The molecule has 0 radical (unpaired) electrons. The highest BCUT2D eigenvalue weighted by molar-refractivity contribution is 5.92. The van der Waals surface area contributed by atoms with Gasteiger partial charge in [0.25, 0.3) is 11.5 Å². The fourth-order valence-corrected chi connectivity index (χ4v) is 1.26. The molecule has 7 nitrogen and oxygen atoms in total. The normalized spacial score (nSPS) is 10.9. The lowest BCUT2D eigenvalue weighted by Crippen LogP contribution is -2.45. The molecule has 0 fully saturated rings. The third kappa shape index (κ3) is 4.06. The number of nitrogens with zero attached hydrogens (tertiary/aromatic N) is 1. The first-order chi connectivity index (χ1) is 7.80. The van der Waals surface area contributed by atoms with Crippen molar-refractivity contribution in [1.82, 2.24) is 15.3 Å². The van der Waals surface area contributed by atoms with Crippen LogP contribution in [0.15, 0.2) is 17.2 Å². The summed E-state index contributed by atoms with van der Waals surface area (Å²) in [4.78, 5) is 38.9. The summed E-state index contributed by atoms with van der Waals surface area (Å²) in [6.45, 7) is 3.18. The third-order valence-corrected chi connectivity index (χ3v) is 1.95. The van der Waals surface area contributed by atoms with Crippen LogP contribution in [0.2, 0.25) is 0 Å². The van der Waals surface area contributed by atoms with Gasteiger partial charge in [0.05, 0.1) is 12.6 Å². The van der Waals surface area contributed by atoms with Crippen LogP contribution in [0.1, 0.15) is 30.8 Å². The zero-order valence-electron chi connectivity index (χ0n) is 9.48. The van der Waals surface area contributed by atoms with Crippen LogP contribution in [-0.4, -0.2) is 32.5 Å². The fourth-order valence-electron chi connectivity index (χ4n) is 1.26. The summed E-state index contributed by atoms with van der Waals surface area (Å²) in [6.07, 6.45) is 1.95. The van der Waals surface area contributed by atoms with Gasteiger partial charge in [-0.05, 0) is 13.8 Å². The molecule has 1 aromatic rings. The molecule has 1 heterocycles. The summed E-state index contributed by atoms with van der Waals surface area (Å²) >= 11 is 0. The predicted octanol–water partition coefficient (Wildman–Crippen LogP) is -0.247. The van der Waals surface area contributed by atoms with Gasteiger partial charge < -0.3 is 15.4 Å². The van der Waals surface area contributed by atoms with E-state index in [1.54, 1.807) is 13.8 Å². The summed E-state index contributed by atoms with van der Waals surface area (Å²) in [5, 5.41) is 11.2. The first kappa shape index (κ1) is 12.9. The summed E-state index contributed by atoms with van der Waals surface area (Å²) in [7, 11) is 0. The number of hydrogen-bond acceptors (Lipinski definition) is 4. The molecular formula is C10H13N3O4. The molecule has 0 atom stereocenters. The number of carbonyl (C=O) groups is 2. The van der Waals surface area contributed by atoms with E-state index >= 15 is 0 Å². The molecular weight excluding hydrogens is 226 g/mol. The van der Waals surface area contributed by atoms with Gasteiger partial charge in [0, 0.05) is 11.7 Å². The molecule has 1 rings (SSSR count). The Bertz CT molecular complexity index is 472. The van der Waals surface area contributed by atoms with Crippen molar-refractivity contribution in [2.24, 2.45) is 0 Å². The molecule has 0 unspecified atom stereocenters. The Labute approximate surface area is 96.9 Å². The summed E-state index contributed by atoms with van der Waals surface area (Å²) in [5.41, 5.74) is -1.27. The Morgan fingerprint density at radius 2 is 2.18 bits per heavy atom. The van der Waals surface area contributed by atoms with Crippen LogP contribution in [0, 0.1) is 0 Å². The first-order valence-electron chi connectivity index (χ1n) is 4.89. The largest absolute Gasteiger partial charge is 0.481 e. The molecule has 0 saturated heterocycles. The minimum absolute atomic E-state index is 0.0306. The Hall–Kier alpha value is -2.18. The molecule has 7 heteroatoms. The first-order valence-corrected chi connectivity index (χ1v) is 4.89. The highest BCUT2D eigenvalue weighted by Crippen LogP contribution is 2.08. The van der Waals surface area contributed by atoms with E-state index in [1.807, 2.05) is 0 Å². The minimum Gasteiger partial charge on any atom is -0.481 e. The van der Waals surface area contributed by atoms with E-state index in [0.29, 0.717) is 0 Å². The number of aliphatic carboxylic acids is 1. The Morgan fingerprint density at radius 3 is 2.65 bits per heavy atom. The lowest BCUT2D eigenvalue weighted by atomic mass is 10.0. The number of carboxylic acid groups (broad SMARTS) is 1.